The van der Waals surface area contributed by atoms with Gasteiger partial charge in [0.25, 0.3) is 0 Å². The molecule has 3 N–H and O–H groups in total. The number of nitrogens with zero attached hydrogens (tertiary/aromatic N) is 1. The number of ether oxygens (including phenoxy) is 1. The van der Waals surface area contributed by atoms with Gasteiger partial charge in [0.15, 0.2) is 6.10 Å². The molecule has 0 amide bonds. The van der Waals surface area contributed by atoms with Crippen molar-refractivity contribution in [1.82, 2.24) is 0 Å². The van der Waals surface area contributed by atoms with Gasteiger partial charge in [-0.1, -0.05) is 0 Å². The predicted octanol–water partition coefficient (Wildman–Crippen LogP) is 0.311. The van der Waals surface area contributed by atoms with Gasteiger partial charge in [0, 0.05) is 5.56 Å². The summed E-state index contributed by atoms with van der Waals surface area (Å²) in [5.41, 5.74) is -0.251. The Balaban J connectivity index is 3.27. The standard InChI is InChI=1S/C11H11NO5/c1-17-6-2-3-7(11(15)16)8(4-6)10(14)9(13)5-12/h2-4,9-10,13-14H,1H3,(H,15,16). The molecule has 1 rings (SSSR count). The van der Waals surface area contributed by atoms with E-state index in [0.29, 0.717) is 5.75 Å². The summed E-state index contributed by atoms with van der Waals surface area (Å²) >= 11 is 0. The first-order valence-corrected chi connectivity index (χ1v) is 4.68. The minimum Gasteiger partial charge on any atom is -0.497 e. The molecule has 90 valence electrons. The van der Waals surface area contributed by atoms with Crippen molar-refractivity contribution in [2.24, 2.45) is 0 Å². The lowest BCUT2D eigenvalue weighted by molar-refractivity contribution is 0.0497. The van der Waals surface area contributed by atoms with Crippen LogP contribution in [0.5, 0.6) is 5.75 Å². The number of hydrogen-bond donors (Lipinski definition) is 3. The summed E-state index contributed by atoms with van der Waals surface area (Å²) in [6.07, 6.45) is -3.29. The molecule has 2 unspecified atom stereocenters. The molecule has 6 heteroatoms. The van der Waals surface area contributed by atoms with Crippen molar-refractivity contribution in [1.29, 1.82) is 5.26 Å². The van der Waals surface area contributed by atoms with Gasteiger partial charge in [0.05, 0.1) is 18.7 Å². The number of carboxylic acids is 1. The fourth-order valence-electron chi connectivity index (χ4n) is 1.35. The molecule has 0 heterocycles. The Labute approximate surface area is 97.3 Å². The average Bonchev–Trinajstić information content (AvgIpc) is 2.35. The maximum atomic E-state index is 10.9. The molecule has 17 heavy (non-hydrogen) atoms. The molecule has 0 radical (unpaired) electrons. The Hall–Kier alpha value is -2.10. The molecule has 0 aliphatic carbocycles. The van der Waals surface area contributed by atoms with Gasteiger partial charge in [-0.25, -0.2) is 4.79 Å². The summed E-state index contributed by atoms with van der Waals surface area (Å²) in [6.45, 7) is 0. The van der Waals surface area contributed by atoms with Crippen LogP contribution in [0.25, 0.3) is 0 Å². The normalized spacial score (nSPS) is 13.5. The fourth-order valence-corrected chi connectivity index (χ4v) is 1.35. The van der Waals surface area contributed by atoms with Gasteiger partial charge in [-0.2, -0.15) is 5.26 Å². The van der Waals surface area contributed by atoms with E-state index in [9.17, 15) is 15.0 Å². The molecule has 0 saturated carbocycles. The highest BCUT2D eigenvalue weighted by atomic mass is 16.5. The van der Waals surface area contributed by atoms with Crippen LogP contribution in [0.3, 0.4) is 0 Å². The molecular formula is C11H11NO5. The molecule has 1 aromatic carbocycles. The molecule has 2 atom stereocenters. The van der Waals surface area contributed by atoms with Crippen LogP contribution in [-0.2, 0) is 0 Å². The number of aliphatic hydroxyl groups excluding tert-OH is 2. The number of benzene rings is 1. The van der Waals surface area contributed by atoms with Crippen molar-refractivity contribution in [2.75, 3.05) is 7.11 Å². The SMILES string of the molecule is COc1ccc(C(=O)O)c(C(O)C(O)C#N)c1. The lowest BCUT2D eigenvalue weighted by atomic mass is 9.98. The van der Waals surface area contributed by atoms with E-state index in [4.69, 9.17) is 15.1 Å². The van der Waals surface area contributed by atoms with Gasteiger partial charge in [-0.05, 0) is 18.2 Å². The largest absolute Gasteiger partial charge is 0.497 e. The molecule has 1 aromatic rings. The van der Waals surface area contributed by atoms with Crippen molar-refractivity contribution in [3.8, 4) is 11.8 Å². The molecule has 0 aliphatic heterocycles. The Bertz CT molecular complexity index is 465. The average molecular weight is 237 g/mol. The topological polar surface area (TPSA) is 111 Å². The van der Waals surface area contributed by atoms with Crippen LogP contribution in [0, 0.1) is 11.3 Å². The van der Waals surface area contributed by atoms with Crippen LogP contribution in [0.4, 0.5) is 0 Å². The van der Waals surface area contributed by atoms with E-state index in [1.165, 1.54) is 31.4 Å². The van der Waals surface area contributed by atoms with E-state index in [1.54, 1.807) is 0 Å². The molecule has 0 spiro atoms. The number of methoxy groups -OCH3 is 1. The Kier molecular flexibility index (Phi) is 4.04. The number of aliphatic hydroxyl groups is 2. The molecule has 0 saturated heterocycles. The zero-order chi connectivity index (χ0) is 13.0. The zero-order valence-corrected chi connectivity index (χ0v) is 8.99. The smallest absolute Gasteiger partial charge is 0.336 e. The number of nitriles is 1. The molecule has 0 aliphatic rings. The maximum absolute atomic E-state index is 10.9. The van der Waals surface area contributed by atoms with Crippen LogP contribution < -0.4 is 4.74 Å². The highest BCUT2D eigenvalue weighted by Gasteiger charge is 2.24. The first-order valence-electron chi connectivity index (χ1n) is 4.68. The fraction of sp³-hybridized carbons (Fsp3) is 0.273. The number of carboxylic acid groups (broad SMARTS) is 1. The summed E-state index contributed by atoms with van der Waals surface area (Å²) < 4.78 is 4.88. The lowest BCUT2D eigenvalue weighted by Gasteiger charge is -2.15. The Morgan fingerprint density at radius 2 is 2.12 bits per heavy atom. The second-order valence-electron chi connectivity index (χ2n) is 3.28. The third-order valence-corrected chi connectivity index (χ3v) is 2.24. The Morgan fingerprint density at radius 3 is 2.59 bits per heavy atom. The van der Waals surface area contributed by atoms with Gasteiger partial charge in [0.1, 0.15) is 11.9 Å². The van der Waals surface area contributed by atoms with E-state index < -0.39 is 18.2 Å². The Morgan fingerprint density at radius 1 is 1.47 bits per heavy atom. The van der Waals surface area contributed by atoms with E-state index >= 15 is 0 Å². The van der Waals surface area contributed by atoms with Crippen LogP contribution >= 0.6 is 0 Å². The van der Waals surface area contributed by atoms with Gasteiger partial charge in [-0.3, -0.25) is 0 Å². The second-order valence-corrected chi connectivity index (χ2v) is 3.28. The number of aromatic carboxylic acids is 1. The highest BCUT2D eigenvalue weighted by molar-refractivity contribution is 5.89. The second kappa shape index (κ2) is 5.30. The van der Waals surface area contributed by atoms with Crippen LogP contribution in [0.2, 0.25) is 0 Å². The third kappa shape index (κ3) is 2.72. The van der Waals surface area contributed by atoms with E-state index in [1.807, 2.05) is 0 Å². The molecule has 0 fully saturated rings. The van der Waals surface area contributed by atoms with Crippen molar-refractivity contribution < 1.29 is 24.9 Å². The van der Waals surface area contributed by atoms with Crippen LogP contribution in [0.1, 0.15) is 22.0 Å². The van der Waals surface area contributed by atoms with Crippen molar-refractivity contribution in [3.63, 3.8) is 0 Å². The van der Waals surface area contributed by atoms with Crippen LogP contribution in [-0.4, -0.2) is 34.5 Å². The van der Waals surface area contributed by atoms with Crippen molar-refractivity contribution >= 4 is 5.97 Å². The van der Waals surface area contributed by atoms with Crippen molar-refractivity contribution in [3.05, 3.63) is 29.3 Å². The molecule has 0 bridgehead atoms. The maximum Gasteiger partial charge on any atom is 0.336 e. The summed E-state index contributed by atoms with van der Waals surface area (Å²) in [5, 5.41) is 36.3. The van der Waals surface area contributed by atoms with Gasteiger partial charge < -0.3 is 20.1 Å². The quantitative estimate of drug-likeness (QED) is 0.650. The lowest BCUT2D eigenvalue weighted by Crippen LogP contribution is -2.19. The summed E-state index contributed by atoms with van der Waals surface area (Å²) in [4.78, 5) is 10.9. The number of rotatable bonds is 4. The number of carbonyl (C=O) groups is 1. The molecular weight excluding hydrogens is 226 g/mol. The minimum atomic E-state index is -1.69. The van der Waals surface area contributed by atoms with Gasteiger partial charge in [0.2, 0.25) is 0 Å². The third-order valence-electron chi connectivity index (χ3n) is 2.24. The van der Waals surface area contributed by atoms with Gasteiger partial charge >= 0.3 is 5.97 Å². The van der Waals surface area contributed by atoms with E-state index in [-0.39, 0.29) is 11.1 Å². The summed E-state index contributed by atoms with van der Waals surface area (Å²) in [5.74, 6) is -0.930. The molecule has 0 aromatic heterocycles. The molecule has 6 nitrogen and oxygen atoms in total. The summed E-state index contributed by atoms with van der Waals surface area (Å²) in [7, 11) is 1.38. The predicted molar refractivity (Wildman–Crippen MR) is 56.5 cm³/mol. The first-order chi connectivity index (χ1) is 8.01. The zero-order valence-electron chi connectivity index (χ0n) is 8.99. The first kappa shape index (κ1) is 13.0. The van der Waals surface area contributed by atoms with Crippen molar-refractivity contribution in [2.45, 2.75) is 12.2 Å². The highest BCUT2D eigenvalue weighted by Crippen LogP contribution is 2.25. The summed E-state index contributed by atoms with van der Waals surface area (Å²) in [6, 6.07) is 5.37. The minimum absolute atomic E-state index is 0.0640. The van der Waals surface area contributed by atoms with Crippen LogP contribution in [0.15, 0.2) is 18.2 Å². The van der Waals surface area contributed by atoms with E-state index in [2.05, 4.69) is 0 Å². The monoisotopic (exact) mass is 237 g/mol. The van der Waals surface area contributed by atoms with Gasteiger partial charge in [-0.15, -0.1) is 0 Å². The number of hydrogen-bond acceptors (Lipinski definition) is 5. The van der Waals surface area contributed by atoms with E-state index in [0.717, 1.165) is 0 Å².